The number of hydrogen-bond acceptors (Lipinski definition) is 3. The van der Waals surface area contributed by atoms with Gasteiger partial charge in [0.05, 0.1) is 22.3 Å². The standard InChI is InChI=1S/C17H19N3O2S/c1-20-13-18-16-12-15(9-10-17(16)20)23(21,22)19-11-5-8-14-6-3-2-4-7-14/h2-4,6-7,9-10,12-13,19H,5,8,11H2,1H3. The molecule has 0 saturated heterocycles. The fourth-order valence-corrected chi connectivity index (χ4v) is 3.60. The monoisotopic (exact) mass is 329 g/mol. The Kier molecular flexibility index (Phi) is 4.45. The molecular formula is C17H19N3O2S. The predicted octanol–water partition coefficient (Wildman–Crippen LogP) is 2.48. The number of hydrogen-bond donors (Lipinski definition) is 1. The molecule has 0 radical (unpaired) electrons. The lowest BCUT2D eigenvalue weighted by Crippen LogP contribution is -2.25. The molecule has 0 unspecified atom stereocenters. The number of sulfonamides is 1. The van der Waals surface area contributed by atoms with E-state index in [4.69, 9.17) is 0 Å². The molecule has 0 fully saturated rings. The fraction of sp³-hybridized carbons (Fsp3) is 0.235. The quantitative estimate of drug-likeness (QED) is 0.707. The third-order valence-electron chi connectivity index (χ3n) is 3.78. The number of nitrogens with one attached hydrogen (secondary N) is 1. The van der Waals surface area contributed by atoms with E-state index < -0.39 is 10.0 Å². The van der Waals surface area contributed by atoms with Gasteiger partial charge in [0.2, 0.25) is 10.0 Å². The summed E-state index contributed by atoms with van der Waals surface area (Å²) in [5.41, 5.74) is 2.80. The van der Waals surface area contributed by atoms with Gasteiger partial charge in [-0.15, -0.1) is 0 Å². The van der Waals surface area contributed by atoms with E-state index in [1.54, 1.807) is 24.5 Å². The first-order valence-corrected chi connectivity index (χ1v) is 8.99. The second-order valence-corrected chi connectivity index (χ2v) is 7.26. The van der Waals surface area contributed by atoms with Crippen LogP contribution in [0.3, 0.4) is 0 Å². The second kappa shape index (κ2) is 6.52. The van der Waals surface area contributed by atoms with Crippen LogP contribution in [0, 0.1) is 0 Å². The molecule has 0 amide bonds. The van der Waals surface area contributed by atoms with Crippen LogP contribution in [0.2, 0.25) is 0 Å². The molecule has 0 aliphatic rings. The molecule has 0 atom stereocenters. The van der Waals surface area contributed by atoms with E-state index >= 15 is 0 Å². The molecule has 5 nitrogen and oxygen atoms in total. The maximum absolute atomic E-state index is 12.3. The zero-order valence-electron chi connectivity index (χ0n) is 12.9. The van der Waals surface area contributed by atoms with Crippen LogP contribution in [-0.4, -0.2) is 24.5 Å². The number of benzene rings is 2. The first-order valence-electron chi connectivity index (χ1n) is 7.51. The molecule has 1 N–H and O–H groups in total. The van der Waals surface area contributed by atoms with Crippen molar-refractivity contribution in [3.05, 3.63) is 60.4 Å². The first-order chi connectivity index (χ1) is 11.1. The van der Waals surface area contributed by atoms with Crippen molar-refractivity contribution in [2.45, 2.75) is 17.7 Å². The molecule has 3 aromatic rings. The van der Waals surface area contributed by atoms with Crippen LogP contribution >= 0.6 is 0 Å². The van der Waals surface area contributed by atoms with Gasteiger partial charge in [-0.3, -0.25) is 0 Å². The molecule has 23 heavy (non-hydrogen) atoms. The number of nitrogens with zero attached hydrogens (tertiary/aromatic N) is 2. The Morgan fingerprint density at radius 2 is 1.91 bits per heavy atom. The van der Waals surface area contributed by atoms with E-state index in [-0.39, 0.29) is 4.90 Å². The summed E-state index contributed by atoms with van der Waals surface area (Å²) in [6.07, 6.45) is 3.28. The number of imidazole rings is 1. The van der Waals surface area contributed by atoms with Crippen LogP contribution in [0.15, 0.2) is 59.8 Å². The third kappa shape index (κ3) is 3.60. The summed E-state index contributed by atoms with van der Waals surface area (Å²) in [6.45, 7) is 0.414. The Morgan fingerprint density at radius 1 is 1.13 bits per heavy atom. The van der Waals surface area contributed by atoms with Crippen molar-refractivity contribution in [2.75, 3.05) is 6.54 Å². The molecule has 0 aliphatic heterocycles. The van der Waals surface area contributed by atoms with Gasteiger partial charge in [-0.05, 0) is 36.6 Å². The van der Waals surface area contributed by atoms with E-state index in [2.05, 4.69) is 9.71 Å². The third-order valence-corrected chi connectivity index (χ3v) is 5.24. The van der Waals surface area contributed by atoms with Gasteiger partial charge in [0.15, 0.2) is 0 Å². The Balaban J connectivity index is 1.63. The van der Waals surface area contributed by atoms with Gasteiger partial charge in [-0.1, -0.05) is 30.3 Å². The average Bonchev–Trinajstić information content (AvgIpc) is 2.93. The summed E-state index contributed by atoms with van der Waals surface area (Å²) in [6, 6.07) is 15.0. The highest BCUT2D eigenvalue weighted by Gasteiger charge is 2.14. The van der Waals surface area contributed by atoms with Crippen LogP contribution in [0.1, 0.15) is 12.0 Å². The molecule has 0 saturated carbocycles. The molecular weight excluding hydrogens is 310 g/mol. The lowest BCUT2D eigenvalue weighted by Gasteiger charge is -2.07. The van der Waals surface area contributed by atoms with E-state index in [1.807, 2.05) is 41.9 Å². The van der Waals surface area contributed by atoms with Crippen molar-refractivity contribution in [3.8, 4) is 0 Å². The largest absolute Gasteiger partial charge is 0.334 e. The summed E-state index contributed by atoms with van der Waals surface area (Å²) in [4.78, 5) is 4.45. The maximum atomic E-state index is 12.3. The first kappa shape index (κ1) is 15.7. The molecule has 0 spiro atoms. The smallest absolute Gasteiger partial charge is 0.240 e. The van der Waals surface area contributed by atoms with Gasteiger partial charge in [0.25, 0.3) is 0 Å². The van der Waals surface area contributed by atoms with Crippen LogP contribution in [0.4, 0.5) is 0 Å². The minimum absolute atomic E-state index is 0.253. The molecule has 1 aromatic heterocycles. The average molecular weight is 329 g/mol. The molecule has 1 heterocycles. The van der Waals surface area contributed by atoms with Crippen molar-refractivity contribution in [1.29, 1.82) is 0 Å². The van der Waals surface area contributed by atoms with Crippen LogP contribution in [-0.2, 0) is 23.5 Å². The lowest BCUT2D eigenvalue weighted by atomic mass is 10.1. The zero-order chi connectivity index (χ0) is 16.3. The Labute approximate surface area is 136 Å². The van der Waals surface area contributed by atoms with E-state index in [1.165, 1.54) is 5.56 Å². The summed E-state index contributed by atoms with van der Waals surface area (Å²) in [5, 5.41) is 0. The lowest BCUT2D eigenvalue weighted by molar-refractivity contribution is 0.579. The number of rotatable bonds is 6. The van der Waals surface area contributed by atoms with Crippen molar-refractivity contribution in [3.63, 3.8) is 0 Å². The topological polar surface area (TPSA) is 64.0 Å². The van der Waals surface area contributed by atoms with Crippen molar-refractivity contribution >= 4 is 21.1 Å². The van der Waals surface area contributed by atoms with Gasteiger partial charge in [0, 0.05) is 13.6 Å². The molecule has 0 bridgehead atoms. The highest BCUT2D eigenvalue weighted by atomic mass is 32.2. The molecule has 120 valence electrons. The van der Waals surface area contributed by atoms with E-state index in [0.717, 1.165) is 18.4 Å². The van der Waals surface area contributed by atoms with Crippen molar-refractivity contribution < 1.29 is 8.42 Å². The van der Waals surface area contributed by atoms with Gasteiger partial charge >= 0.3 is 0 Å². The highest BCUT2D eigenvalue weighted by Crippen LogP contribution is 2.17. The number of fused-ring (bicyclic) bond motifs is 1. The minimum Gasteiger partial charge on any atom is -0.334 e. The van der Waals surface area contributed by atoms with Gasteiger partial charge in [0.1, 0.15) is 0 Å². The zero-order valence-corrected chi connectivity index (χ0v) is 13.8. The Bertz CT molecular complexity index is 902. The van der Waals surface area contributed by atoms with Crippen molar-refractivity contribution in [1.82, 2.24) is 14.3 Å². The van der Waals surface area contributed by atoms with Crippen molar-refractivity contribution in [2.24, 2.45) is 7.05 Å². The predicted molar refractivity (Wildman–Crippen MR) is 90.7 cm³/mol. The van der Waals surface area contributed by atoms with Crippen LogP contribution in [0.5, 0.6) is 0 Å². The van der Waals surface area contributed by atoms with Crippen LogP contribution in [0.25, 0.3) is 11.0 Å². The molecule has 3 rings (SSSR count). The summed E-state index contributed by atoms with van der Waals surface area (Å²) in [5.74, 6) is 0. The number of aryl methyl sites for hydroxylation is 2. The molecule has 2 aromatic carbocycles. The SMILES string of the molecule is Cn1cnc2cc(S(=O)(=O)NCCCc3ccccc3)ccc21. The number of aromatic nitrogens is 2. The van der Waals surface area contributed by atoms with Gasteiger partial charge < -0.3 is 4.57 Å². The summed E-state index contributed by atoms with van der Waals surface area (Å²) < 4.78 is 29.2. The van der Waals surface area contributed by atoms with E-state index in [0.29, 0.717) is 12.1 Å². The normalized spacial score (nSPS) is 11.9. The molecule has 6 heteroatoms. The highest BCUT2D eigenvalue weighted by molar-refractivity contribution is 7.89. The molecule has 0 aliphatic carbocycles. The van der Waals surface area contributed by atoms with Gasteiger partial charge in [-0.2, -0.15) is 0 Å². The summed E-state index contributed by atoms with van der Waals surface area (Å²) in [7, 11) is -1.62. The maximum Gasteiger partial charge on any atom is 0.240 e. The minimum atomic E-state index is -3.50. The van der Waals surface area contributed by atoms with Gasteiger partial charge in [-0.25, -0.2) is 18.1 Å². The van der Waals surface area contributed by atoms with E-state index in [9.17, 15) is 8.42 Å². The fourth-order valence-electron chi connectivity index (χ4n) is 2.51. The van der Waals surface area contributed by atoms with Crippen LogP contribution < -0.4 is 4.72 Å². The Hall–Kier alpha value is -2.18. The summed E-state index contributed by atoms with van der Waals surface area (Å²) >= 11 is 0. The Morgan fingerprint density at radius 3 is 2.70 bits per heavy atom. The second-order valence-electron chi connectivity index (χ2n) is 5.49.